The number of nitrogens with one attached hydrogen (secondary N) is 2. The number of hydrogen-bond acceptors (Lipinski definition) is 6. The minimum Gasteiger partial charge on any atom is -0.324 e. The van der Waals surface area contributed by atoms with Crippen LogP contribution in [0.25, 0.3) is 89.7 Å². The minimum absolute atomic E-state index is 0. The van der Waals surface area contributed by atoms with E-state index >= 15 is 0 Å². The fourth-order valence-corrected chi connectivity index (χ4v) is 5.91. The van der Waals surface area contributed by atoms with Gasteiger partial charge in [0.25, 0.3) is 0 Å². The monoisotopic (exact) mass is 611 g/mol. The zero-order chi connectivity index (χ0) is 27.1. The average molecular weight is 613 g/mol. The third kappa shape index (κ3) is 3.61. The molecule has 2 N–H and O–H groups in total. The van der Waals surface area contributed by atoms with Crippen molar-refractivity contribution in [2.45, 2.75) is 0 Å². The van der Waals surface area contributed by atoms with Crippen molar-refractivity contribution in [2.75, 3.05) is 0 Å². The summed E-state index contributed by atoms with van der Waals surface area (Å²) in [5.41, 5.74) is 6.09. The van der Waals surface area contributed by atoms with Crippen molar-refractivity contribution in [3.8, 4) is 45.6 Å². The molecule has 0 radical (unpaired) electrons. The first-order valence-corrected chi connectivity index (χ1v) is 13.5. The van der Waals surface area contributed by atoms with Gasteiger partial charge in [0.2, 0.25) is 0 Å². The molecule has 10 heteroatoms. The Morgan fingerprint density at radius 1 is 0.405 bits per heavy atom. The summed E-state index contributed by atoms with van der Waals surface area (Å²) in [7, 11) is 0. The fourth-order valence-electron chi connectivity index (χ4n) is 5.65. The summed E-state index contributed by atoms with van der Waals surface area (Å²) in [4.78, 5) is 36.6. The van der Waals surface area contributed by atoms with E-state index < -0.39 is 0 Å². The largest absolute Gasteiger partial charge is 1.00 e. The number of hydrogen-bond donors (Lipinski definition) is 2. The van der Waals surface area contributed by atoms with Gasteiger partial charge in [-0.15, -0.1) is 0 Å². The van der Waals surface area contributed by atoms with Gasteiger partial charge in [-0.25, -0.2) is 29.9 Å². The maximum Gasteiger partial charge on any atom is 1.00 e. The van der Waals surface area contributed by atoms with E-state index in [2.05, 4.69) is 9.97 Å². The van der Waals surface area contributed by atoms with Crippen LogP contribution in [0.5, 0.6) is 0 Å². The average Bonchev–Trinajstić information content (AvgIpc) is 3.73. The molecule has 202 valence electrons. The van der Waals surface area contributed by atoms with Gasteiger partial charge < -0.3 is 9.97 Å². The van der Waals surface area contributed by atoms with Crippen LogP contribution in [0.15, 0.2) is 91.0 Å². The number of aromatic amines is 2. The summed E-state index contributed by atoms with van der Waals surface area (Å²) in [5.74, 6) is 2.24. The number of rotatable bonds is 0. The van der Waals surface area contributed by atoms with Crippen LogP contribution in [0, 0.1) is 0 Å². The zero-order valence-electron chi connectivity index (χ0n) is 21.5. The third-order valence-electron chi connectivity index (χ3n) is 7.53. The molecule has 0 unspecified atom stereocenters. The Balaban J connectivity index is 0.00000267. The first kappa shape index (κ1) is 24.8. The minimum atomic E-state index is 0. The number of benzene rings is 4. The number of fused-ring (bicyclic) bond motifs is 20. The van der Waals surface area contributed by atoms with Crippen molar-refractivity contribution in [3.63, 3.8) is 0 Å². The second kappa shape index (κ2) is 9.29. The molecule has 4 aromatic carbocycles. The van der Waals surface area contributed by atoms with Gasteiger partial charge in [0, 0.05) is 43.8 Å². The van der Waals surface area contributed by atoms with Gasteiger partial charge in [0.15, 0.2) is 23.3 Å². The molecule has 0 saturated carbocycles. The Hall–Kier alpha value is -4.95. The van der Waals surface area contributed by atoms with E-state index in [9.17, 15) is 0 Å². The van der Waals surface area contributed by atoms with Crippen LogP contribution >= 0.6 is 11.6 Å². The molecule has 8 bridgehead atoms. The summed E-state index contributed by atoms with van der Waals surface area (Å²) in [6.45, 7) is 0. The summed E-state index contributed by atoms with van der Waals surface area (Å²) < 4.78 is 0. The molecule has 0 spiro atoms. The predicted molar refractivity (Wildman–Crippen MR) is 161 cm³/mol. The number of H-pyrrole nitrogens is 2. The van der Waals surface area contributed by atoms with E-state index in [1.807, 2.05) is 91.0 Å². The van der Waals surface area contributed by atoms with Crippen molar-refractivity contribution >= 4 is 55.7 Å². The van der Waals surface area contributed by atoms with Crippen LogP contribution in [0.1, 0.15) is 0 Å². The number of nitrogens with zero attached hydrogens (tertiary/aromatic N) is 6. The summed E-state index contributed by atoms with van der Waals surface area (Å²) in [6.07, 6.45) is 0. The SMILES string of the molecule is Clc1cccc2c3nc4nc(nc5[nH]c(nc6nc(nc([nH]3)c12)-c1ccccc1-6)c1ccccc51)-c1ccccc1-4.[Cu+]. The molecule has 2 aliphatic heterocycles. The predicted octanol–water partition coefficient (Wildman–Crippen LogP) is 7.52. The molecule has 3 aromatic heterocycles. The molecule has 7 aromatic rings. The van der Waals surface area contributed by atoms with E-state index in [1.165, 1.54) is 0 Å². The van der Waals surface area contributed by atoms with Crippen LogP contribution in [0.4, 0.5) is 0 Å². The summed E-state index contributed by atoms with van der Waals surface area (Å²) in [5, 5.41) is 4.05. The standard InChI is InChI=1S/C32H17ClN8.Cu/c33-23-15-7-14-22-24(23)32-40-30-21-13-6-5-12-20(21)28(38-30)36-26-17-9-2-1-8-16(17)25(34-26)35-27-18-10-3-4-11-19(18)29(37-27)39-31(22)41-32;/h1-15H,(H2,34,35,36,37,38,39,40,41);/q;+1. The molecular weight excluding hydrogens is 595 g/mol. The van der Waals surface area contributed by atoms with E-state index in [0.717, 1.165) is 43.8 Å². The normalized spacial score (nSPS) is 11.7. The Morgan fingerprint density at radius 2 is 0.786 bits per heavy atom. The second-order valence-corrected chi connectivity index (χ2v) is 10.3. The van der Waals surface area contributed by atoms with E-state index in [4.69, 9.17) is 41.5 Å². The summed E-state index contributed by atoms with van der Waals surface area (Å²) >= 11 is 6.73. The molecule has 9 rings (SSSR count). The molecule has 0 amide bonds. The first-order valence-electron chi connectivity index (χ1n) is 13.1. The van der Waals surface area contributed by atoms with Gasteiger partial charge in [-0.2, -0.15) is 0 Å². The van der Waals surface area contributed by atoms with Gasteiger partial charge in [-0.3, -0.25) is 0 Å². The van der Waals surface area contributed by atoms with Crippen molar-refractivity contribution in [2.24, 2.45) is 0 Å². The zero-order valence-corrected chi connectivity index (χ0v) is 23.2. The van der Waals surface area contributed by atoms with Crippen LogP contribution in [0.2, 0.25) is 5.02 Å². The van der Waals surface area contributed by atoms with E-state index in [1.54, 1.807) is 0 Å². The Morgan fingerprint density at radius 3 is 1.29 bits per heavy atom. The molecular formula is C32H17ClCuN8+. The van der Waals surface area contributed by atoms with Crippen LogP contribution in [0.3, 0.4) is 0 Å². The topological polar surface area (TPSA) is 109 Å². The van der Waals surface area contributed by atoms with Crippen molar-refractivity contribution in [1.29, 1.82) is 0 Å². The third-order valence-corrected chi connectivity index (χ3v) is 7.84. The fraction of sp³-hybridized carbons (Fsp3) is 0. The molecule has 5 heterocycles. The quantitative estimate of drug-likeness (QED) is 0.172. The van der Waals surface area contributed by atoms with E-state index in [-0.39, 0.29) is 17.1 Å². The molecule has 2 aliphatic rings. The van der Waals surface area contributed by atoms with E-state index in [0.29, 0.717) is 50.9 Å². The molecule has 42 heavy (non-hydrogen) atoms. The van der Waals surface area contributed by atoms with Gasteiger partial charge in [-0.1, -0.05) is 96.5 Å². The maximum absolute atomic E-state index is 6.73. The van der Waals surface area contributed by atoms with Gasteiger partial charge >= 0.3 is 17.1 Å². The van der Waals surface area contributed by atoms with Gasteiger partial charge in [0.1, 0.15) is 22.6 Å². The molecule has 8 nitrogen and oxygen atoms in total. The Kier molecular flexibility index (Phi) is 5.49. The molecule has 0 atom stereocenters. The van der Waals surface area contributed by atoms with Crippen LogP contribution < -0.4 is 0 Å². The molecule has 0 fully saturated rings. The molecule has 0 aliphatic carbocycles. The summed E-state index contributed by atoms with van der Waals surface area (Å²) in [6, 6.07) is 29.7. The Labute approximate surface area is 253 Å². The smallest absolute Gasteiger partial charge is 0.324 e. The van der Waals surface area contributed by atoms with Crippen molar-refractivity contribution in [1.82, 2.24) is 39.9 Å². The van der Waals surface area contributed by atoms with Gasteiger partial charge in [0.05, 0.1) is 5.02 Å². The van der Waals surface area contributed by atoms with Crippen LogP contribution in [-0.4, -0.2) is 39.9 Å². The van der Waals surface area contributed by atoms with Crippen molar-refractivity contribution < 1.29 is 17.1 Å². The maximum atomic E-state index is 6.73. The first-order chi connectivity index (χ1) is 20.2. The molecule has 0 saturated heterocycles. The van der Waals surface area contributed by atoms with Gasteiger partial charge in [-0.05, 0) is 6.07 Å². The second-order valence-electron chi connectivity index (χ2n) is 9.91. The number of halogens is 1. The Bertz CT molecular complexity index is 2410. The number of aromatic nitrogens is 8. The van der Waals surface area contributed by atoms with Crippen LogP contribution in [-0.2, 0) is 17.1 Å². The van der Waals surface area contributed by atoms with Crippen molar-refractivity contribution in [3.05, 3.63) is 96.0 Å².